The first-order valence-electron chi connectivity index (χ1n) is 8.18. The van der Waals surface area contributed by atoms with Crippen molar-refractivity contribution >= 4 is 23.7 Å². The molecule has 1 aliphatic heterocycles. The SMILES string of the molecule is CNC(=O)c1cccc(NC(=O)NC2CCCN(C(=O)OC)C2)c1C. The quantitative estimate of drug-likeness (QED) is 0.774. The van der Waals surface area contributed by atoms with Crippen LogP contribution in [0.15, 0.2) is 18.2 Å². The number of hydrogen-bond donors (Lipinski definition) is 3. The topological polar surface area (TPSA) is 99.8 Å². The molecule has 1 aliphatic rings. The van der Waals surface area contributed by atoms with E-state index in [-0.39, 0.29) is 24.1 Å². The largest absolute Gasteiger partial charge is 0.453 e. The summed E-state index contributed by atoms with van der Waals surface area (Å²) in [5.74, 6) is -0.206. The summed E-state index contributed by atoms with van der Waals surface area (Å²) in [7, 11) is 2.90. The number of hydrogen-bond acceptors (Lipinski definition) is 4. The molecule has 0 spiro atoms. The number of nitrogens with one attached hydrogen (secondary N) is 3. The number of amides is 4. The van der Waals surface area contributed by atoms with Gasteiger partial charge >= 0.3 is 12.1 Å². The zero-order chi connectivity index (χ0) is 18.4. The van der Waals surface area contributed by atoms with Gasteiger partial charge < -0.3 is 25.6 Å². The van der Waals surface area contributed by atoms with Crippen LogP contribution in [0.1, 0.15) is 28.8 Å². The molecule has 1 saturated heterocycles. The van der Waals surface area contributed by atoms with Gasteiger partial charge in [-0.05, 0) is 37.5 Å². The van der Waals surface area contributed by atoms with Gasteiger partial charge in [0.1, 0.15) is 0 Å². The van der Waals surface area contributed by atoms with E-state index in [1.54, 1.807) is 37.1 Å². The number of rotatable bonds is 3. The Morgan fingerprint density at radius 3 is 2.72 bits per heavy atom. The summed E-state index contributed by atoms with van der Waals surface area (Å²) < 4.78 is 4.72. The molecular formula is C17H24N4O4. The first-order valence-corrected chi connectivity index (χ1v) is 8.18. The van der Waals surface area contributed by atoms with Crippen LogP contribution >= 0.6 is 0 Å². The number of methoxy groups -OCH3 is 1. The summed E-state index contributed by atoms with van der Waals surface area (Å²) in [6.45, 7) is 2.82. The highest BCUT2D eigenvalue weighted by molar-refractivity contribution is 5.99. The Kier molecular flexibility index (Phi) is 6.21. The number of benzene rings is 1. The number of piperidine rings is 1. The first-order chi connectivity index (χ1) is 12.0. The van der Waals surface area contributed by atoms with Gasteiger partial charge in [0.05, 0.1) is 7.11 Å². The summed E-state index contributed by atoms with van der Waals surface area (Å²) in [5.41, 5.74) is 1.77. The molecule has 3 N–H and O–H groups in total. The van der Waals surface area contributed by atoms with Crippen molar-refractivity contribution in [3.05, 3.63) is 29.3 Å². The molecule has 0 bridgehead atoms. The first kappa shape index (κ1) is 18.6. The third kappa shape index (κ3) is 4.62. The van der Waals surface area contributed by atoms with Crippen LogP contribution in [0.2, 0.25) is 0 Å². The molecule has 136 valence electrons. The normalized spacial score (nSPS) is 16.8. The van der Waals surface area contributed by atoms with Crippen molar-refractivity contribution in [3.63, 3.8) is 0 Å². The maximum atomic E-state index is 12.3. The second kappa shape index (κ2) is 8.36. The summed E-state index contributed by atoms with van der Waals surface area (Å²) in [6, 6.07) is 4.65. The van der Waals surface area contributed by atoms with Crippen molar-refractivity contribution in [2.75, 3.05) is 32.6 Å². The van der Waals surface area contributed by atoms with E-state index in [9.17, 15) is 14.4 Å². The van der Waals surface area contributed by atoms with Gasteiger partial charge in [-0.1, -0.05) is 6.07 Å². The molecule has 2 rings (SSSR count). The zero-order valence-corrected chi connectivity index (χ0v) is 14.7. The molecule has 4 amide bonds. The minimum absolute atomic E-state index is 0.143. The molecule has 8 nitrogen and oxygen atoms in total. The third-order valence-corrected chi connectivity index (χ3v) is 4.24. The number of carbonyl (C=O) groups is 3. The van der Waals surface area contributed by atoms with Crippen molar-refractivity contribution in [3.8, 4) is 0 Å². The summed E-state index contributed by atoms with van der Waals surface area (Å²) in [6.07, 6.45) is 1.20. The minimum Gasteiger partial charge on any atom is -0.453 e. The van der Waals surface area contributed by atoms with Gasteiger partial charge in [0.25, 0.3) is 5.91 Å². The van der Waals surface area contributed by atoms with Gasteiger partial charge in [-0.25, -0.2) is 9.59 Å². The van der Waals surface area contributed by atoms with Crippen LogP contribution in [-0.2, 0) is 4.74 Å². The van der Waals surface area contributed by atoms with Crippen molar-refractivity contribution in [2.45, 2.75) is 25.8 Å². The van der Waals surface area contributed by atoms with Gasteiger partial charge in [-0.3, -0.25) is 4.79 Å². The molecule has 0 aromatic heterocycles. The third-order valence-electron chi connectivity index (χ3n) is 4.24. The van der Waals surface area contributed by atoms with E-state index >= 15 is 0 Å². The minimum atomic E-state index is -0.388. The summed E-state index contributed by atoms with van der Waals surface area (Å²) in [5, 5.41) is 8.21. The van der Waals surface area contributed by atoms with Gasteiger partial charge in [0.2, 0.25) is 0 Å². The summed E-state index contributed by atoms with van der Waals surface area (Å²) in [4.78, 5) is 37.3. The molecule has 1 aromatic rings. The van der Waals surface area contributed by atoms with E-state index in [2.05, 4.69) is 16.0 Å². The number of likely N-dealkylation sites (tertiary alicyclic amines) is 1. The predicted molar refractivity (Wildman–Crippen MR) is 93.7 cm³/mol. The molecule has 0 aliphatic carbocycles. The monoisotopic (exact) mass is 348 g/mol. The molecule has 1 heterocycles. The molecule has 1 atom stereocenters. The number of nitrogens with zero attached hydrogens (tertiary/aromatic N) is 1. The van der Waals surface area contributed by atoms with Gasteiger partial charge in [0, 0.05) is 37.4 Å². The van der Waals surface area contributed by atoms with E-state index in [1.807, 2.05) is 0 Å². The van der Waals surface area contributed by atoms with E-state index in [0.29, 0.717) is 29.9 Å². The van der Waals surface area contributed by atoms with E-state index in [0.717, 1.165) is 12.8 Å². The Morgan fingerprint density at radius 2 is 2.04 bits per heavy atom. The van der Waals surface area contributed by atoms with Crippen LogP contribution in [0.4, 0.5) is 15.3 Å². The zero-order valence-electron chi connectivity index (χ0n) is 14.7. The standard InChI is InChI=1S/C17H24N4O4/c1-11-13(15(22)18-2)7-4-8-14(11)20-16(23)19-12-6-5-9-21(10-12)17(24)25-3/h4,7-8,12H,5-6,9-10H2,1-3H3,(H,18,22)(H2,19,20,23). The Balaban J connectivity index is 1.98. The van der Waals surface area contributed by atoms with Crippen LogP contribution in [-0.4, -0.2) is 56.2 Å². The van der Waals surface area contributed by atoms with Gasteiger partial charge in [-0.15, -0.1) is 0 Å². The molecule has 1 fully saturated rings. The van der Waals surface area contributed by atoms with Crippen molar-refractivity contribution in [2.24, 2.45) is 0 Å². The fourth-order valence-corrected chi connectivity index (χ4v) is 2.89. The average molecular weight is 348 g/mol. The number of ether oxygens (including phenoxy) is 1. The average Bonchev–Trinajstić information content (AvgIpc) is 2.62. The van der Waals surface area contributed by atoms with Gasteiger partial charge in [0.15, 0.2) is 0 Å². The van der Waals surface area contributed by atoms with Crippen molar-refractivity contribution in [1.82, 2.24) is 15.5 Å². The second-order valence-corrected chi connectivity index (χ2v) is 5.91. The Morgan fingerprint density at radius 1 is 1.28 bits per heavy atom. The predicted octanol–water partition coefficient (Wildman–Crippen LogP) is 1.71. The number of carbonyl (C=O) groups excluding carboxylic acids is 3. The Bertz CT molecular complexity index is 662. The fourth-order valence-electron chi connectivity index (χ4n) is 2.89. The second-order valence-electron chi connectivity index (χ2n) is 5.91. The lowest BCUT2D eigenvalue weighted by atomic mass is 10.1. The molecule has 1 unspecified atom stereocenters. The maximum Gasteiger partial charge on any atom is 0.409 e. The van der Waals surface area contributed by atoms with Crippen LogP contribution in [0, 0.1) is 6.92 Å². The van der Waals surface area contributed by atoms with Gasteiger partial charge in [-0.2, -0.15) is 0 Å². The van der Waals surface area contributed by atoms with Crippen molar-refractivity contribution in [1.29, 1.82) is 0 Å². The van der Waals surface area contributed by atoms with E-state index in [1.165, 1.54) is 7.11 Å². The van der Waals surface area contributed by atoms with Crippen molar-refractivity contribution < 1.29 is 19.1 Å². The smallest absolute Gasteiger partial charge is 0.409 e. The fraction of sp³-hybridized carbons (Fsp3) is 0.471. The lowest BCUT2D eigenvalue weighted by Gasteiger charge is -2.32. The number of urea groups is 1. The maximum absolute atomic E-state index is 12.3. The molecule has 0 radical (unpaired) electrons. The Hall–Kier alpha value is -2.77. The Labute approximate surface area is 146 Å². The lowest BCUT2D eigenvalue weighted by molar-refractivity contribution is 0.0962. The van der Waals surface area contributed by atoms with E-state index in [4.69, 9.17) is 4.74 Å². The van der Waals surface area contributed by atoms with Crippen LogP contribution in [0.25, 0.3) is 0 Å². The molecule has 1 aromatic carbocycles. The molecular weight excluding hydrogens is 324 g/mol. The highest BCUT2D eigenvalue weighted by atomic mass is 16.5. The van der Waals surface area contributed by atoms with Crippen LogP contribution in [0.3, 0.4) is 0 Å². The number of anilines is 1. The molecule has 8 heteroatoms. The van der Waals surface area contributed by atoms with Crippen LogP contribution in [0.5, 0.6) is 0 Å². The highest BCUT2D eigenvalue weighted by Gasteiger charge is 2.25. The van der Waals surface area contributed by atoms with Crippen LogP contribution < -0.4 is 16.0 Å². The highest BCUT2D eigenvalue weighted by Crippen LogP contribution is 2.19. The van der Waals surface area contributed by atoms with E-state index < -0.39 is 0 Å². The molecule has 25 heavy (non-hydrogen) atoms. The molecule has 0 saturated carbocycles. The lowest BCUT2D eigenvalue weighted by Crippen LogP contribution is -2.50. The summed E-state index contributed by atoms with van der Waals surface area (Å²) >= 11 is 0.